The molecule has 4 rings (SSSR count). The summed E-state index contributed by atoms with van der Waals surface area (Å²) in [5.41, 5.74) is 2.62. The fraction of sp³-hybridized carbons (Fsp3) is 0.750. The summed E-state index contributed by atoms with van der Waals surface area (Å²) in [7, 11) is 2.20. The number of likely N-dealkylation sites (N-methyl/N-ethyl adjacent to an activating group) is 1. The third-order valence-corrected chi connectivity index (χ3v) is 6.14. The summed E-state index contributed by atoms with van der Waals surface area (Å²) in [6.07, 6.45) is 3.06. The lowest BCUT2D eigenvalue weighted by molar-refractivity contribution is 0.0832. The highest BCUT2D eigenvalue weighted by Gasteiger charge is 2.32. The highest BCUT2D eigenvalue weighted by atomic mass is 16.5. The number of ether oxygens (including phenoxy) is 1. The van der Waals surface area contributed by atoms with E-state index in [-0.39, 0.29) is 0 Å². The Kier molecular flexibility index (Phi) is 5.34. The summed E-state index contributed by atoms with van der Waals surface area (Å²) in [5, 5.41) is 0. The van der Waals surface area contributed by atoms with Crippen LogP contribution in [0.1, 0.15) is 19.4 Å². The normalized spacial score (nSPS) is 25.6. The molecule has 1 unspecified atom stereocenters. The summed E-state index contributed by atoms with van der Waals surface area (Å²) in [4.78, 5) is 14.9. The molecule has 1 aromatic heterocycles. The summed E-state index contributed by atoms with van der Waals surface area (Å²) in [6, 6.07) is 3.37. The van der Waals surface area contributed by atoms with Crippen molar-refractivity contribution in [3.8, 4) is 0 Å². The predicted molar refractivity (Wildman–Crippen MR) is 106 cm³/mol. The molecule has 1 atom stereocenters. The van der Waals surface area contributed by atoms with E-state index in [4.69, 9.17) is 9.72 Å². The molecule has 0 spiro atoms. The van der Waals surface area contributed by atoms with E-state index in [1.54, 1.807) is 0 Å². The number of hydrogen-bond donors (Lipinski definition) is 0. The van der Waals surface area contributed by atoms with Gasteiger partial charge in [-0.05, 0) is 38.9 Å². The first kappa shape index (κ1) is 18.0. The van der Waals surface area contributed by atoms with Crippen molar-refractivity contribution in [3.63, 3.8) is 0 Å². The SMILES string of the molecule is CC(C)N1CCN2c3ncc(N4CCN(C)CC4)cc3CCOCC2C1. The van der Waals surface area contributed by atoms with E-state index in [9.17, 15) is 0 Å². The van der Waals surface area contributed by atoms with Crippen LogP contribution >= 0.6 is 0 Å². The fourth-order valence-electron chi connectivity index (χ4n) is 4.34. The van der Waals surface area contributed by atoms with Crippen molar-refractivity contribution in [3.05, 3.63) is 17.8 Å². The first-order valence-corrected chi connectivity index (χ1v) is 10.1. The van der Waals surface area contributed by atoms with Gasteiger partial charge >= 0.3 is 0 Å². The highest BCUT2D eigenvalue weighted by molar-refractivity contribution is 5.57. The van der Waals surface area contributed by atoms with Crippen molar-refractivity contribution in [2.45, 2.75) is 32.4 Å². The van der Waals surface area contributed by atoms with Crippen molar-refractivity contribution < 1.29 is 4.74 Å². The zero-order chi connectivity index (χ0) is 18.1. The first-order chi connectivity index (χ1) is 12.6. The van der Waals surface area contributed by atoms with Crippen LogP contribution in [-0.4, -0.2) is 92.9 Å². The van der Waals surface area contributed by atoms with Gasteiger partial charge in [-0.3, -0.25) is 4.90 Å². The predicted octanol–water partition coefficient (Wildman–Crippen LogP) is 1.31. The fourth-order valence-corrected chi connectivity index (χ4v) is 4.34. The summed E-state index contributed by atoms with van der Waals surface area (Å²) < 4.78 is 6.01. The van der Waals surface area contributed by atoms with E-state index in [0.29, 0.717) is 12.1 Å². The Morgan fingerprint density at radius 2 is 1.92 bits per heavy atom. The van der Waals surface area contributed by atoms with Gasteiger partial charge in [-0.1, -0.05) is 0 Å². The molecule has 2 saturated heterocycles. The maximum absolute atomic E-state index is 6.01. The summed E-state index contributed by atoms with van der Waals surface area (Å²) >= 11 is 0. The van der Waals surface area contributed by atoms with Gasteiger partial charge in [-0.2, -0.15) is 0 Å². The molecule has 0 aromatic carbocycles. The van der Waals surface area contributed by atoms with Crippen LogP contribution < -0.4 is 9.80 Å². The molecular formula is C20H33N5O. The smallest absolute Gasteiger partial charge is 0.132 e. The maximum atomic E-state index is 6.01. The first-order valence-electron chi connectivity index (χ1n) is 10.1. The lowest BCUT2D eigenvalue weighted by Gasteiger charge is -2.45. The van der Waals surface area contributed by atoms with Crippen LogP contribution in [0.2, 0.25) is 0 Å². The molecule has 3 aliphatic rings. The number of rotatable bonds is 2. The highest BCUT2D eigenvalue weighted by Crippen LogP contribution is 2.29. The Labute approximate surface area is 157 Å². The van der Waals surface area contributed by atoms with Crippen molar-refractivity contribution in [2.75, 3.05) is 75.9 Å². The molecule has 1 aromatic rings. The Balaban J connectivity index is 1.56. The molecule has 3 aliphatic heterocycles. The molecule has 4 heterocycles. The van der Waals surface area contributed by atoms with Crippen LogP contribution in [0, 0.1) is 0 Å². The number of nitrogens with zero attached hydrogens (tertiary/aromatic N) is 5. The van der Waals surface area contributed by atoms with Gasteiger partial charge in [0.15, 0.2) is 0 Å². The third-order valence-electron chi connectivity index (χ3n) is 6.14. The van der Waals surface area contributed by atoms with Crippen molar-refractivity contribution in [1.82, 2.24) is 14.8 Å². The van der Waals surface area contributed by atoms with Gasteiger partial charge in [0, 0.05) is 51.9 Å². The van der Waals surface area contributed by atoms with Gasteiger partial charge in [0.1, 0.15) is 5.82 Å². The van der Waals surface area contributed by atoms with Gasteiger partial charge in [0.05, 0.1) is 31.1 Å². The zero-order valence-electron chi connectivity index (χ0n) is 16.5. The van der Waals surface area contributed by atoms with Crippen molar-refractivity contribution >= 4 is 11.5 Å². The number of hydrogen-bond acceptors (Lipinski definition) is 6. The minimum Gasteiger partial charge on any atom is -0.379 e. The van der Waals surface area contributed by atoms with Crippen LogP contribution in [0.5, 0.6) is 0 Å². The van der Waals surface area contributed by atoms with E-state index in [1.165, 1.54) is 17.1 Å². The Hall–Kier alpha value is -1.37. The molecule has 0 bridgehead atoms. The number of fused-ring (bicyclic) bond motifs is 3. The molecule has 26 heavy (non-hydrogen) atoms. The molecule has 0 N–H and O–H groups in total. The number of aromatic nitrogens is 1. The van der Waals surface area contributed by atoms with E-state index in [2.05, 4.69) is 52.8 Å². The van der Waals surface area contributed by atoms with Crippen molar-refractivity contribution in [2.24, 2.45) is 0 Å². The molecule has 144 valence electrons. The lowest BCUT2D eigenvalue weighted by atomic mass is 10.1. The van der Waals surface area contributed by atoms with Gasteiger partial charge in [0.2, 0.25) is 0 Å². The average Bonchev–Trinajstić information content (AvgIpc) is 2.64. The third kappa shape index (κ3) is 3.68. The van der Waals surface area contributed by atoms with Crippen LogP contribution in [0.4, 0.5) is 11.5 Å². The molecular weight excluding hydrogens is 326 g/mol. The summed E-state index contributed by atoms with van der Waals surface area (Å²) in [5.74, 6) is 1.19. The minimum atomic E-state index is 0.409. The van der Waals surface area contributed by atoms with E-state index in [1.807, 2.05) is 0 Å². The lowest BCUT2D eigenvalue weighted by Crippen LogP contribution is -2.57. The van der Waals surface area contributed by atoms with Gasteiger partial charge in [0.25, 0.3) is 0 Å². The molecule has 6 heteroatoms. The quantitative estimate of drug-likeness (QED) is 0.792. The number of pyridine rings is 1. The Morgan fingerprint density at radius 3 is 2.69 bits per heavy atom. The molecule has 0 amide bonds. The van der Waals surface area contributed by atoms with Crippen LogP contribution in [-0.2, 0) is 11.2 Å². The molecule has 0 saturated carbocycles. The zero-order valence-corrected chi connectivity index (χ0v) is 16.5. The van der Waals surface area contributed by atoms with Gasteiger partial charge in [-0.15, -0.1) is 0 Å². The largest absolute Gasteiger partial charge is 0.379 e. The number of piperazine rings is 2. The molecule has 2 fully saturated rings. The standard InChI is InChI=1S/C20H33N5O/c1-16(2)24-9-10-25-19(14-24)15-26-11-4-17-12-18(13-21-20(17)25)23-7-5-22(3)6-8-23/h12-13,16,19H,4-11,14-15H2,1-3H3. The molecule has 0 aliphatic carbocycles. The Bertz CT molecular complexity index is 614. The molecule has 6 nitrogen and oxygen atoms in total. The van der Waals surface area contributed by atoms with E-state index >= 15 is 0 Å². The number of anilines is 2. The monoisotopic (exact) mass is 359 g/mol. The van der Waals surface area contributed by atoms with E-state index < -0.39 is 0 Å². The average molecular weight is 360 g/mol. The second-order valence-corrected chi connectivity index (χ2v) is 8.23. The van der Waals surface area contributed by atoms with Gasteiger partial charge < -0.3 is 19.4 Å². The van der Waals surface area contributed by atoms with Crippen LogP contribution in [0.25, 0.3) is 0 Å². The Morgan fingerprint density at radius 1 is 1.12 bits per heavy atom. The van der Waals surface area contributed by atoms with E-state index in [0.717, 1.165) is 65.4 Å². The second kappa shape index (κ2) is 7.71. The van der Waals surface area contributed by atoms with Gasteiger partial charge in [-0.25, -0.2) is 4.98 Å². The topological polar surface area (TPSA) is 35.1 Å². The van der Waals surface area contributed by atoms with Crippen molar-refractivity contribution in [1.29, 1.82) is 0 Å². The molecule has 0 radical (unpaired) electrons. The summed E-state index contributed by atoms with van der Waals surface area (Å²) in [6.45, 7) is 13.8. The maximum Gasteiger partial charge on any atom is 0.132 e. The minimum absolute atomic E-state index is 0.409. The van der Waals surface area contributed by atoms with Crippen LogP contribution in [0.15, 0.2) is 12.3 Å². The second-order valence-electron chi connectivity index (χ2n) is 8.23. The van der Waals surface area contributed by atoms with Crippen LogP contribution in [0.3, 0.4) is 0 Å².